The van der Waals surface area contributed by atoms with Gasteiger partial charge in [0.05, 0.1) is 19.8 Å². The zero-order valence-corrected chi connectivity index (χ0v) is 21.8. The zero-order valence-electron chi connectivity index (χ0n) is 21.8. The van der Waals surface area contributed by atoms with Crippen LogP contribution in [0.4, 0.5) is 0 Å². The second-order valence-corrected chi connectivity index (χ2v) is 9.90. The lowest BCUT2D eigenvalue weighted by atomic mass is 9.84. The van der Waals surface area contributed by atoms with E-state index in [1.165, 1.54) is 25.9 Å². The Morgan fingerprint density at radius 2 is 1.89 bits per heavy atom. The van der Waals surface area contributed by atoms with Crippen LogP contribution in [0.2, 0.25) is 0 Å². The number of fused-ring (bicyclic) bond motifs is 3. The molecule has 196 valence electrons. The number of phenols is 1. The molecule has 0 radical (unpaired) electrons. The first-order valence-electron chi connectivity index (χ1n) is 12.5. The fourth-order valence-corrected chi connectivity index (χ4v) is 5.02. The maximum Gasteiger partial charge on any atom is 0.334 e. The molecule has 7 heteroatoms. The van der Waals surface area contributed by atoms with E-state index >= 15 is 0 Å². The fraction of sp³-hybridized carbons (Fsp3) is 0.400. The number of carbonyl (C=O) groups excluding carboxylic acids is 2. The maximum absolute atomic E-state index is 12.4. The standard InChI is InChI=1S/C15H14O4.C15H20O3/c1-18-11-8-12(16)14(13(9-11)19-2)15(17)10-6-4-3-5-7-10;1-9-5-4-8-15(3)13(18-15)12-11(7-6-9)10(2)14(16)17-12/h3-9,16H,1-2H3;5,11-13H,2,4,6-8H2,1,3H3. The third-order valence-corrected chi connectivity index (χ3v) is 7.35. The molecule has 0 amide bonds. The van der Waals surface area contributed by atoms with Crippen molar-refractivity contribution >= 4 is 11.8 Å². The molecule has 1 N–H and O–H groups in total. The second kappa shape index (κ2) is 10.8. The molecule has 1 aliphatic carbocycles. The molecule has 0 saturated carbocycles. The number of rotatable bonds is 4. The van der Waals surface area contributed by atoms with Crippen LogP contribution in [0, 0.1) is 5.92 Å². The predicted molar refractivity (Wildman–Crippen MR) is 139 cm³/mol. The molecule has 0 aromatic heterocycles. The number of epoxide rings is 1. The first-order chi connectivity index (χ1) is 17.7. The molecule has 7 nitrogen and oxygen atoms in total. The maximum atomic E-state index is 12.4. The number of benzene rings is 2. The lowest BCUT2D eigenvalue weighted by Gasteiger charge is -2.19. The summed E-state index contributed by atoms with van der Waals surface area (Å²) in [6.07, 6.45) is 6.25. The van der Waals surface area contributed by atoms with E-state index in [-0.39, 0.29) is 52.5 Å². The van der Waals surface area contributed by atoms with Crippen LogP contribution in [0.5, 0.6) is 17.2 Å². The van der Waals surface area contributed by atoms with Gasteiger partial charge in [-0.15, -0.1) is 0 Å². The minimum atomic E-state index is -0.294. The molecule has 2 saturated heterocycles. The topological polar surface area (TPSA) is 94.6 Å². The minimum absolute atomic E-state index is 0.0671. The summed E-state index contributed by atoms with van der Waals surface area (Å²) in [7, 11) is 2.92. The number of aromatic hydroxyl groups is 1. The summed E-state index contributed by atoms with van der Waals surface area (Å²) < 4.78 is 21.5. The molecular formula is C30H34O7. The predicted octanol–water partition coefficient (Wildman–Crippen LogP) is 5.40. The molecule has 37 heavy (non-hydrogen) atoms. The number of phenolic OH excluding ortho intramolecular Hbond substituents is 1. The van der Waals surface area contributed by atoms with Crippen molar-refractivity contribution in [2.24, 2.45) is 5.92 Å². The van der Waals surface area contributed by atoms with Gasteiger partial charge < -0.3 is 24.1 Å². The summed E-state index contributed by atoms with van der Waals surface area (Å²) in [4.78, 5) is 24.1. The summed E-state index contributed by atoms with van der Waals surface area (Å²) in [5, 5.41) is 9.99. The summed E-state index contributed by atoms with van der Waals surface area (Å²) in [6.45, 7) is 8.17. The Bertz CT molecular complexity index is 1220. The molecule has 2 fully saturated rings. The highest BCUT2D eigenvalue weighted by Crippen LogP contribution is 2.49. The average molecular weight is 507 g/mol. The lowest BCUT2D eigenvalue weighted by molar-refractivity contribution is -0.140. The number of allylic oxidation sites excluding steroid dienone is 2. The molecular weight excluding hydrogens is 472 g/mol. The molecule has 2 aliphatic heterocycles. The number of ketones is 1. The highest BCUT2D eigenvalue weighted by molar-refractivity contribution is 6.12. The Balaban J connectivity index is 0.000000173. The number of hydrogen-bond donors (Lipinski definition) is 1. The largest absolute Gasteiger partial charge is 0.507 e. The van der Waals surface area contributed by atoms with Crippen LogP contribution in [0.25, 0.3) is 0 Å². The Hall–Kier alpha value is -3.58. The molecule has 4 unspecified atom stereocenters. The first kappa shape index (κ1) is 26.5. The van der Waals surface area contributed by atoms with E-state index in [0.29, 0.717) is 16.9 Å². The SMILES string of the molecule is C=C1C(=O)OC2C1CCC(C)=CCCC1(C)OC21.COc1cc(O)c(C(=O)c2ccccc2)c(OC)c1. The van der Waals surface area contributed by atoms with Gasteiger partial charge in [-0.1, -0.05) is 48.6 Å². The van der Waals surface area contributed by atoms with Crippen molar-refractivity contribution in [1.29, 1.82) is 0 Å². The molecule has 2 aromatic rings. The monoisotopic (exact) mass is 506 g/mol. The Morgan fingerprint density at radius 3 is 2.57 bits per heavy atom. The van der Waals surface area contributed by atoms with Crippen LogP contribution in [-0.4, -0.2) is 48.9 Å². The number of ether oxygens (including phenoxy) is 4. The van der Waals surface area contributed by atoms with Crippen molar-refractivity contribution in [3.8, 4) is 17.2 Å². The van der Waals surface area contributed by atoms with Gasteiger partial charge in [0.25, 0.3) is 0 Å². The fourth-order valence-electron chi connectivity index (χ4n) is 5.02. The Kier molecular flexibility index (Phi) is 7.73. The van der Waals surface area contributed by atoms with Gasteiger partial charge in [-0.2, -0.15) is 0 Å². The van der Waals surface area contributed by atoms with E-state index in [2.05, 4.69) is 26.5 Å². The van der Waals surface area contributed by atoms with Gasteiger partial charge in [0, 0.05) is 29.2 Å². The molecule has 5 rings (SSSR count). The van der Waals surface area contributed by atoms with E-state index in [4.69, 9.17) is 18.9 Å². The Morgan fingerprint density at radius 1 is 1.16 bits per heavy atom. The summed E-state index contributed by atoms with van der Waals surface area (Å²) >= 11 is 0. The second-order valence-electron chi connectivity index (χ2n) is 9.90. The van der Waals surface area contributed by atoms with Crippen molar-refractivity contribution in [2.75, 3.05) is 14.2 Å². The van der Waals surface area contributed by atoms with Gasteiger partial charge in [0.2, 0.25) is 5.78 Å². The smallest absolute Gasteiger partial charge is 0.334 e. The van der Waals surface area contributed by atoms with E-state index in [1.54, 1.807) is 30.3 Å². The van der Waals surface area contributed by atoms with E-state index < -0.39 is 0 Å². The van der Waals surface area contributed by atoms with Gasteiger partial charge in [0.15, 0.2) is 0 Å². The lowest BCUT2D eigenvalue weighted by Crippen LogP contribution is -2.28. The van der Waals surface area contributed by atoms with Crippen molar-refractivity contribution in [3.05, 3.63) is 77.4 Å². The third-order valence-electron chi connectivity index (χ3n) is 7.35. The number of carbonyl (C=O) groups is 2. The third kappa shape index (κ3) is 5.57. The number of methoxy groups -OCH3 is 2. The quantitative estimate of drug-likeness (QED) is 0.195. The number of hydrogen-bond acceptors (Lipinski definition) is 7. The van der Waals surface area contributed by atoms with Crippen LogP contribution < -0.4 is 9.47 Å². The van der Waals surface area contributed by atoms with Crippen molar-refractivity contribution in [1.82, 2.24) is 0 Å². The molecule has 0 bridgehead atoms. The average Bonchev–Trinajstić information content (AvgIpc) is 3.49. The highest BCUT2D eigenvalue weighted by Gasteiger charge is 2.61. The molecule has 0 spiro atoms. The van der Waals surface area contributed by atoms with Crippen molar-refractivity contribution in [3.63, 3.8) is 0 Å². The summed E-state index contributed by atoms with van der Waals surface area (Å²) in [5.74, 6) is 0.154. The van der Waals surface area contributed by atoms with Gasteiger partial charge in [-0.25, -0.2) is 4.79 Å². The van der Waals surface area contributed by atoms with Crippen molar-refractivity contribution < 1.29 is 33.6 Å². The molecule has 2 heterocycles. The normalized spacial score (nSPS) is 26.4. The summed E-state index contributed by atoms with van der Waals surface area (Å²) in [5.41, 5.74) is 2.53. The van der Waals surface area contributed by atoms with E-state index in [0.717, 1.165) is 25.7 Å². The molecule has 3 aliphatic rings. The first-order valence-corrected chi connectivity index (χ1v) is 12.5. The van der Waals surface area contributed by atoms with Gasteiger partial charge in [-0.05, 0) is 39.5 Å². The van der Waals surface area contributed by atoms with Gasteiger partial charge in [0.1, 0.15) is 35.0 Å². The van der Waals surface area contributed by atoms with Gasteiger partial charge in [-0.3, -0.25) is 4.79 Å². The van der Waals surface area contributed by atoms with Crippen LogP contribution in [-0.2, 0) is 14.3 Å². The molecule has 2 aromatic carbocycles. The van der Waals surface area contributed by atoms with Crippen LogP contribution in [0.1, 0.15) is 55.5 Å². The minimum Gasteiger partial charge on any atom is -0.507 e. The van der Waals surface area contributed by atoms with Crippen LogP contribution >= 0.6 is 0 Å². The summed E-state index contributed by atoms with van der Waals surface area (Å²) in [6, 6.07) is 11.7. The highest BCUT2D eigenvalue weighted by atomic mass is 16.6. The zero-order chi connectivity index (χ0) is 26.7. The van der Waals surface area contributed by atoms with Crippen LogP contribution in [0.3, 0.4) is 0 Å². The molecule has 4 atom stereocenters. The van der Waals surface area contributed by atoms with Crippen LogP contribution in [0.15, 0.2) is 66.3 Å². The number of esters is 1. The van der Waals surface area contributed by atoms with Crippen molar-refractivity contribution in [2.45, 2.75) is 57.3 Å². The van der Waals surface area contributed by atoms with E-state index in [1.807, 2.05) is 6.07 Å². The van der Waals surface area contributed by atoms with Gasteiger partial charge >= 0.3 is 5.97 Å². The Labute approximate surface area is 217 Å². The van der Waals surface area contributed by atoms with E-state index in [9.17, 15) is 14.7 Å².